The summed E-state index contributed by atoms with van der Waals surface area (Å²) in [4.78, 5) is 14.7. The van der Waals surface area contributed by atoms with Crippen LogP contribution in [0.5, 0.6) is 5.75 Å². The lowest BCUT2D eigenvalue weighted by Gasteiger charge is -2.36. The summed E-state index contributed by atoms with van der Waals surface area (Å²) in [6.07, 6.45) is 1.69. The number of phenols is 1. The molecule has 2 atom stereocenters. The zero-order valence-electron chi connectivity index (χ0n) is 14.8. The molecule has 7 nitrogen and oxygen atoms in total. The summed E-state index contributed by atoms with van der Waals surface area (Å²) in [5, 5.41) is 10.1. The number of carbonyl (C=O) groups is 1. The molecule has 3 aliphatic heterocycles. The minimum absolute atomic E-state index is 0.0251. The first-order valence-corrected chi connectivity index (χ1v) is 9.88. The quantitative estimate of drug-likeness (QED) is 0.866. The summed E-state index contributed by atoms with van der Waals surface area (Å²) in [6.45, 7) is 3.11. The van der Waals surface area contributed by atoms with E-state index < -0.39 is 10.2 Å². The summed E-state index contributed by atoms with van der Waals surface area (Å²) < 4.78 is 27.7. The van der Waals surface area contributed by atoms with Crippen LogP contribution in [0.4, 0.5) is 0 Å². The first kappa shape index (κ1) is 18.2. The van der Waals surface area contributed by atoms with Gasteiger partial charge in [-0.1, -0.05) is 6.07 Å². The Bertz CT molecular complexity index is 778. The van der Waals surface area contributed by atoms with E-state index >= 15 is 0 Å². The number of amides is 1. The van der Waals surface area contributed by atoms with Gasteiger partial charge in [0, 0.05) is 39.8 Å². The second kappa shape index (κ2) is 6.59. The Kier molecular flexibility index (Phi) is 4.78. The molecule has 8 heteroatoms. The maximum Gasteiger partial charge on any atom is 0.281 e. The molecule has 0 radical (unpaired) electrons. The van der Waals surface area contributed by atoms with Gasteiger partial charge in [0.25, 0.3) is 16.1 Å². The molecule has 0 spiro atoms. The third kappa shape index (κ3) is 3.38. The number of hydrogen-bond donors (Lipinski definition) is 1. The highest BCUT2D eigenvalue weighted by atomic mass is 32.2. The maximum atomic E-state index is 13.0. The highest BCUT2D eigenvalue weighted by molar-refractivity contribution is 7.86. The highest BCUT2D eigenvalue weighted by Crippen LogP contribution is 2.32. The Balaban J connectivity index is 1.87. The smallest absolute Gasteiger partial charge is 0.281 e. The average molecular weight is 367 g/mol. The molecule has 1 amide bonds. The molecule has 3 heterocycles. The fraction of sp³-hybridized carbons (Fsp3) is 0.588. The van der Waals surface area contributed by atoms with Crippen molar-refractivity contribution in [2.24, 2.45) is 5.92 Å². The monoisotopic (exact) mass is 367 g/mol. The van der Waals surface area contributed by atoms with Gasteiger partial charge in [0.15, 0.2) is 0 Å². The summed E-state index contributed by atoms with van der Waals surface area (Å²) in [6, 6.07) is 4.85. The highest BCUT2D eigenvalue weighted by Gasteiger charge is 2.41. The minimum atomic E-state index is -3.50. The van der Waals surface area contributed by atoms with Crippen molar-refractivity contribution in [2.45, 2.75) is 25.8 Å². The van der Waals surface area contributed by atoms with Gasteiger partial charge >= 0.3 is 0 Å². The molecule has 0 aromatic heterocycles. The number of fused-ring (bicyclic) bond motifs is 4. The number of hydrogen-bond acceptors (Lipinski definition) is 4. The van der Waals surface area contributed by atoms with Crippen LogP contribution in [0.1, 0.15) is 28.8 Å². The Morgan fingerprint density at radius 3 is 2.56 bits per heavy atom. The fourth-order valence-electron chi connectivity index (χ4n) is 3.68. The molecule has 3 fully saturated rings. The van der Waals surface area contributed by atoms with Crippen LogP contribution in [0.3, 0.4) is 0 Å². The van der Waals surface area contributed by atoms with E-state index in [1.807, 2.05) is 6.92 Å². The van der Waals surface area contributed by atoms with E-state index in [9.17, 15) is 18.3 Å². The van der Waals surface area contributed by atoms with Crippen LogP contribution in [0, 0.1) is 12.8 Å². The lowest BCUT2D eigenvalue weighted by Crippen LogP contribution is -2.48. The molecule has 25 heavy (non-hydrogen) atoms. The van der Waals surface area contributed by atoms with Crippen molar-refractivity contribution in [3.63, 3.8) is 0 Å². The van der Waals surface area contributed by atoms with E-state index in [0.29, 0.717) is 19.6 Å². The Morgan fingerprint density at radius 1 is 1.20 bits per heavy atom. The summed E-state index contributed by atoms with van der Waals surface area (Å²) >= 11 is 0. The zero-order chi connectivity index (χ0) is 18.4. The normalized spacial score (nSPS) is 24.6. The van der Waals surface area contributed by atoms with Gasteiger partial charge in [0.2, 0.25) is 0 Å². The molecule has 0 aliphatic carbocycles. The van der Waals surface area contributed by atoms with Crippen molar-refractivity contribution in [1.29, 1.82) is 0 Å². The van der Waals surface area contributed by atoms with Crippen LogP contribution < -0.4 is 0 Å². The van der Waals surface area contributed by atoms with Crippen molar-refractivity contribution in [3.05, 3.63) is 29.3 Å². The zero-order valence-corrected chi connectivity index (χ0v) is 15.7. The molecule has 0 saturated carbocycles. The topological polar surface area (TPSA) is 81.2 Å². The van der Waals surface area contributed by atoms with E-state index in [1.54, 1.807) is 23.1 Å². The number of phenolic OH excluding ortho intramolecular Hbond substituents is 1. The first-order valence-electron chi connectivity index (χ1n) is 8.48. The van der Waals surface area contributed by atoms with Crippen LogP contribution in [0.15, 0.2) is 18.2 Å². The van der Waals surface area contributed by atoms with Gasteiger partial charge in [-0.25, -0.2) is 0 Å². The van der Waals surface area contributed by atoms with Crippen LogP contribution in [-0.4, -0.2) is 72.7 Å². The van der Waals surface area contributed by atoms with E-state index in [2.05, 4.69) is 0 Å². The molecule has 1 aromatic carbocycles. The molecule has 138 valence electrons. The second-order valence-electron chi connectivity index (χ2n) is 7.18. The molecule has 1 aromatic rings. The predicted octanol–water partition coefficient (Wildman–Crippen LogP) is 1.04. The number of rotatable bonds is 3. The van der Waals surface area contributed by atoms with Crippen LogP contribution >= 0.6 is 0 Å². The van der Waals surface area contributed by atoms with Crippen LogP contribution in [0.2, 0.25) is 0 Å². The Labute approximate surface area is 149 Å². The van der Waals surface area contributed by atoms with E-state index in [-0.39, 0.29) is 29.2 Å². The predicted molar refractivity (Wildman–Crippen MR) is 94.6 cm³/mol. The average Bonchev–Trinajstić information content (AvgIpc) is 2.86. The largest absolute Gasteiger partial charge is 0.507 e. The Morgan fingerprint density at radius 2 is 1.92 bits per heavy atom. The summed E-state index contributed by atoms with van der Waals surface area (Å²) in [5.41, 5.74) is 1.16. The number of carbonyl (C=O) groups excluding carboxylic acids is 1. The van der Waals surface area contributed by atoms with E-state index in [4.69, 9.17) is 0 Å². The van der Waals surface area contributed by atoms with Gasteiger partial charge in [-0.05, 0) is 43.4 Å². The van der Waals surface area contributed by atoms with Crippen LogP contribution in [0.25, 0.3) is 0 Å². The molecule has 3 saturated heterocycles. The van der Waals surface area contributed by atoms with Crippen molar-refractivity contribution in [2.75, 3.05) is 33.7 Å². The van der Waals surface area contributed by atoms with Crippen molar-refractivity contribution < 1.29 is 18.3 Å². The molecule has 0 unspecified atom stereocenters. The molecule has 4 rings (SSSR count). The third-order valence-electron chi connectivity index (χ3n) is 5.11. The van der Waals surface area contributed by atoms with Crippen molar-refractivity contribution in [1.82, 2.24) is 13.5 Å². The fourth-order valence-corrected chi connectivity index (χ4v) is 4.91. The third-order valence-corrected chi connectivity index (χ3v) is 6.99. The summed E-state index contributed by atoms with van der Waals surface area (Å²) in [7, 11) is -0.451. The first-order chi connectivity index (χ1) is 11.7. The van der Waals surface area contributed by atoms with Gasteiger partial charge < -0.3 is 10.0 Å². The van der Waals surface area contributed by atoms with E-state index in [1.165, 1.54) is 22.7 Å². The van der Waals surface area contributed by atoms with Gasteiger partial charge in [-0.2, -0.15) is 17.0 Å². The molecular formula is C17H25N3O4S. The lowest BCUT2D eigenvalue weighted by molar-refractivity contribution is 0.0585. The molecule has 2 bridgehead atoms. The lowest BCUT2D eigenvalue weighted by atomic mass is 9.94. The number of aryl methyl sites for hydroxylation is 1. The van der Waals surface area contributed by atoms with Gasteiger partial charge in [-0.15, -0.1) is 0 Å². The molecular weight excluding hydrogens is 342 g/mol. The van der Waals surface area contributed by atoms with Gasteiger partial charge in [-0.3, -0.25) is 4.79 Å². The van der Waals surface area contributed by atoms with Crippen LogP contribution in [-0.2, 0) is 10.2 Å². The minimum Gasteiger partial charge on any atom is -0.507 e. The van der Waals surface area contributed by atoms with Gasteiger partial charge in [0.05, 0.1) is 5.56 Å². The van der Waals surface area contributed by atoms with E-state index in [0.717, 1.165) is 18.4 Å². The van der Waals surface area contributed by atoms with Gasteiger partial charge in [0.1, 0.15) is 5.75 Å². The van der Waals surface area contributed by atoms with Crippen molar-refractivity contribution >= 4 is 16.1 Å². The number of piperidine rings is 1. The summed E-state index contributed by atoms with van der Waals surface area (Å²) in [5.74, 6) is -0.135. The van der Waals surface area contributed by atoms with Crippen molar-refractivity contribution in [3.8, 4) is 5.75 Å². The molecule has 1 N–H and O–H groups in total. The number of nitrogens with zero attached hydrogens (tertiary/aromatic N) is 3. The number of benzene rings is 1. The number of aromatic hydroxyl groups is 1. The Hall–Kier alpha value is -1.64. The standard InChI is InChI=1S/C17H25N3O4S/c1-12-4-7-15(16(21)8-12)17(22)20-10-13-5-6-14(20)11-19(9-13)25(23,24)18(2)3/h4,7-8,13-14,21H,5-6,9-11H2,1-3H3/t13-,14+/m0/s1. The maximum absolute atomic E-state index is 13.0. The second-order valence-corrected chi connectivity index (χ2v) is 9.32. The molecule has 3 aliphatic rings. The SMILES string of the molecule is Cc1ccc(C(=O)N2C[C@H]3CC[C@@H]2CN(S(=O)(=O)N(C)C)C3)c(O)c1.